The van der Waals surface area contributed by atoms with Crippen LogP contribution < -0.4 is 5.32 Å². The Labute approximate surface area is 102 Å². The van der Waals surface area contributed by atoms with Gasteiger partial charge in [0.15, 0.2) is 0 Å². The molecule has 0 saturated carbocycles. The van der Waals surface area contributed by atoms with Crippen LogP contribution in [0.3, 0.4) is 0 Å². The summed E-state index contributed by atoms with van der Waals surface area (Å²) in [5.74, 6) is 0. The predicted octanol–water partition coefficient (Wildman–Crippen LogP) is 2.96. The van der Waals surface area contributed by atoms with Crippen molar-refractivity contribution in [3.05, 3.63) is 34.9 Å². The summed E-state index contributed by atoms with van der Waals surface area (Å²) in [5, 5.41) is 4.39. The van der Waals surface area contributed by atoms with Gasteiger partial charge >= 0.3 is 0 Å². The molecule has 1 unspecified atom stereocenters. The van der Waals surface area contributed by atoms with E-state index in [2.05, 4.69) is 11.4 Å². The van der Waals surface area contributed by atoms with Gasteiger partial charge in [-0.2, -0.15) is 0 Å². The first-order chi connectivity index (χ1) is 7.77. The molecule has 1 atom stereocenters. The van der Waals surface area contributed by atoms with Crippen molar-refractivity contribution in [2.45, 2.75) is 24.8 Å². The molecule has 1 fully saturated rings. The Morgan fingerprint density at radius 3 is 2.94 bits per heavy atom. The molecule has 1 N–H and O–H groups in total. The lowest BCUT2D eigenvalue weighted by atomic mass is 9.83. The van der Waals surface area contributed by atoms with E-state index in [1.165, 1.54) is 18.4 Å². The lowest BCUT2D eigenvalue weighted by Crippen LogP contribution is -2.49. The third kappa shape index (κ3) is 2.40. The van der Waals surface area contributed by atoms with Crippen LogP contribution in [0.5, 0.6) is 0 Å². The fourth-order valence-corrected chi connectivity index (χ4v) is 2.64. The average Bonchev–Trinajstić information content (AvgIpc) is 2.31. The van der Waals surface area contributed by atoms with Crippen LogP contribution in [0.2, 0.25) is 5.02 Å². The summed E-state index contributed by atoms with van der Waals surface area (Å²) in [6, 6.07) is 8.09. The molecule has 16 heavy (non-hydrogen) atoms. The Bertz CT molecular complexity index is 342. The van der Waals surface area contributed by atoms with Gasteiger partial charge < -0.3 is 10.1 Å². The molecule has 2 rings (SSSR count). The van der Waals surface area contributed by atoms with Gasteiger partial charge in [0, 0.05) is 12.1 Å². The summed E-state index contributed by atoms with van der Waals surface area (Å²) in [6.45, 7) is 1.75. The minimum absolute atomic E-state index is 0.0438. The molecule has 0 aromatic heterocycles. The molecule has 0 spiro atoms. The van der Waals surface area contributed by atoms with Crippen molar-refractivity contribution in [1.82, 2.24) is 5.32 Å². The number of benzene rings is 1. The van der Waals surface area contributed by atoms with E-state index in [9.17, 15) is 0 Å². The summed E-state index contributed by atoms with van der Waals surface area (Å²) in [7, 11) is 1.75. The van der Waals surface area contributed by atoms with Gasteiger partial charge in [-0.3, -0.25) is 0 Å². The molecule has 1 aliphatic heterocycles. The van der Waals surface area contributed by atoms with Crippen LogP contribution in [0.25, 0.3) is 0 Å². The van der Waals surface area contributed by atoms with Crippen LogP contribution in [-0.2, 0) is 10.3 Å². The fourth-order valence-electron chi connectivity index (χ4n) is 2.45. The summed E-state index contributed by atoms with van der Waals surface area (Å²) < 4.78 is 5.37. The van der Waals surface area contributed by atoms with Crippen molar-refractivity contribution in [1.29, 1.82) is 0 Å². The molecule has 3 heteroatoms. The Kier molecular flexibility index (Phi) is 3.85. The fraction of sp³-hybridized carbons (Fsp3) is 0.538. The maximum Gasteiger partial charge on any atom is 0.0686 e. The van der Waals surface area contributed by atoms with Gasteiger partial charge in [0.25, 0.3) is 0 Å². The minimum Gasteiger partial charge on any atom is -0.382 e. The average molecular weight is 240 g/mol. The number of rotatable bonds is 3. The van der Waals surface area contributed by atoms with Crippen LogP contribution in [-0.4, -0.2) is 20.3 Å². The first-order valence-corrected chi connectivity index (χ1v) is 6.15. The molecule has 88 valence electrons. The molecule has 1 heterocycles. The zero-order valence-corrected chi connectivity index (χ0v) is 10.4. The number of hydrogen-bond acceptors (Lipinski definition) is 2. The van der Waals surface area contributed by atoms with E-state index in [1.807, 2.05) is 18.2 Å². The number of piperidine rings is 1. The number of halogens is 1. The Morgan fingerprint density at radius 1 is 1.44 bits per heavy atom. The van der Waals surface area contributed by atoms with E-state index in [1.54, 1.807) is 7.11 Å². The zero-order valence-electron chi connectivity index (χ0n) is 9.63. The smallest absolute Gasteiger partial charge is 0.0686 e. The van der Waals surface area contributed by atoms with Crippen molar-refractivity contribution < 1.29 is 4.74 Å². The summed E-state index contributed by atoms with van der Waals surface area (Å²) in [4.78, 5) is 0. The van der Waals surface area contributed by atoms with Crippen molar-refractivity contribution in [2.75, 3.05) is 20.3 Å². The van der Waals surface area contributed by atoms with Crippen LogP contribution >= 0.6 is 11.6 Å². The topological polar surface area (TPSA) is 21.3 Å². The van der Waals surface area contributed by atoms with Crippen LogP contribution in [0.15, 0.2) is 24.3 Å². The standard InChI is InChI=1S/C13H18ClNO/c1-16-10-13(7-2-3-8-15-13)11-5-4-6-12(14)9-11/h4-6,9,15H,2-3,7-8,10H2,1H3. The second-order valence-corrected chi connectivity index (χ2v) is 4.85. The van der Waals surface area contributed by atoms with Gasteiger partial charge in [0.2, 0.25) is 0 Å². The normalized spacial score (nSPS) is 25.6. The van der Waals surface area contributed by atoms with Crippen LogP contribution in [0.1, 0.15) is 24.8 Å². The van der Waals surface area contributed by atoms with Crippen LogP contribution in [0, 0.1) is 0 Å². The van der Waals surface area contributed by atoms with Crippen molar-refractivity contribution >= 4 is 11.6 Å². The molecule has 1 aromatic rings. The van der Waals surface area contributed by atoms with Gasteiger partial charge in [-0.05, 0) is 43.5 Å². The number of hydrogen-bond donors (Lipinski definition) is 1. The van der Waals surface area contributed by atoms with E-state index in [-0.39, 0.29) is 5.54 Å². The molecule has 1 saturated heterocycles. The summed E-state index contributed by atoms with van der Waals surface area (Å²) in [5.41, 5.74) is 1.19. The maximum atomic E-state index is 6.06. The first kappa shape index (κ1) is 11.9. The highest BCUT2D eigenvalue weighted by atomic mass is 35.5. The lowest BCUT2D eigenvalue weighted by molar-refractivity contribution is 0.0884. The third-order valence-electron chi connectivity index (χ3n) is 3.26. The third-order valence-corrected chi connectivity index (χ3v) is 3.50. The number of ether oxygens (including phenoxy) is 1. The molecule has 2 nitrogen and oxygen atoms in total. The van der Waals surface area contributed by atoms with E-state index >= 15 is 0 Å². The van der Waals surface area contributed by atoms with Gasteiger partial charge in [0.05, 0.1) is 12.1 Å². The van der Waals surface area contributed by atoms with E-state index < -0.39 is 0 Å². The molecule has 0 bridgehead atoms. The van der Waals surface area contributed by atoms with Gasteiger partial charge in [0.1, 0.15) is 0 Å². The summed E-state index contributed by atoms with van der Waals surface area (Å²) >= 11 is 6.06. The van der Waals surface area contributed by atoms with Gasteiger partial charge in [-0.1, -0.05) is 23.7 Å². The highest BCUT2D eigenvalue weighted by molar-refractivity contribution is 6.30. The van der Waals surface area contributed by atoms with E-state index in [0.717, 1.165) is 18.0 Å². The zero-order chi connectivity index (χ0) is 11.4. The maximum absolute atomic E-state index is 6.06. The van der Waals surface area contributed by atoms with Gasteiger partial charge in [-0.25, -0.2) is 0 Å². The Morgan fingerprint density at radius 2 is 2.31 bits per heavy atom. The predicted molar refractivity (Wildman–Crippen MR) is 66.9 cm³/mol. The first-order valence-electron chi connectivity index (χ1n) is 5.77. The molecular formula is C13H18ClNO. The highest BCUT2D eigenvalue weighted by Gasteiger charge is 2.33. The SMILES string of the molecule is COCC1(c2cccc(Cl)c2)CCCCN1. The molecule has 1 aliphatic rings. The lowest BCUT2D eigenvalue weighted by Gasteiger charge is -2.38. The molecule has 0 aliphatic carbocycles. The number of methoxy groups -OCH3 is 1. The quantitative estimate of drug-likeness (QED) is 0.876. The van der Waals surface area contributed by atoms with E-state index in [4.69, 9.17) is 16.3 Å². The number of nitrogens with one attached hydrogen (secondary N) is 1. The molecule has 0 radical (unpaired) electrons. The monoisotopic (exact) mass is 239 g/mol. The van der Waals surface area contributed by atoms with Crippen molar-refractivity contribution in [2.24, 2.45) is 0 Å². The highest BCUT2D eigenvalue weighted by Crippen LogP contribution is 2.31. The van der Waals surface area contributed by atoms with Crippen molar-refractivity contribution in [3.8, 4) is 0 Å². The molecule has 0 amide bonds. The summed E-state index contributed by atoms with van der Waals surface area (Å²) in [6.07, 6.45) is 3.59. The second kappa shape index (κ2) is 5.17. The second-order valence-electron chi connectivity index (χ2n) is 4.41. The Hall–Kier alpha value is -0.570. The van der Waals surface area contributed by atoms with Crippen molar-refractivity contribution in [3.63, 3.8) is 0 Å². The molecular weight excluding hydrogens is 222 g/mol. The molecule has 1 aromatic carbocycles. The van der Waals surface area contributed by atoms with Gasteiger partial charge in [-0.15, -0.1) is 0 Å². The minimum atomic E-state index is -0.0438. The van der Waals surface area contributed by atoms with E-state index in [0.29, 0.717) is 6.61 Å². The largest absolute Gasteiger partial charge is 0.382 e. The Balaban J connectivity index is 2.30. The van der Waals surface area contributed by atoms with Crippen LogP contribution in [0.4, 0.5) is 0 Å².